The molecule has 1 aromatic heterocycles. The summed E-state index contributed by atoms with van der Waals surface area (Å²) in [6.45, 7) is 4.00. The van der Waals surface area contributed by atoms with Crippen molar-refractivity contribution in [2.24, 2.45) is 11.8 Å². The Morgan fingerprint density at radius 1 is 0.837 bits per heavy atom. The monoisotopic (exact) mass is 627 g/mol. The molecule has 3 rings (SSSR count). The van der Waals surface area contributed by atoms with Crippen LogP contribution < -0.4 is 10.2 Å². The molecule has 0 unspecified atom stereocenters. The SMILES string of the molecule is CCOC(=O)C[C@H]1CC[C@H](CN(CC)c2ncc(C(F)(F)F)cc2CNCc2cc(C(F)(F)F)cc(C(F)(F)F)c2)CC1. The Kier molecular flexibility index (Phi) is 11.4. The van der Waals surface area contributed by atoms with Crippen LogP contribution in [0.3, 0.4) is 0 Å². The van der Waals surface area contributed by atoms with Gasteiger partial charge in [-0.1, -0.05) is 0 Å². The van der Waals surface area contributed by atoms with Gasteiger partial charge in [-0.25, -0.2) is 4.98 Å². The molecule has 240 valence electrons. The number of anilines is 1. The third-order valence-corrected chi connectivity index (χ3v) is 7.45. The second kappa shape index (κ2) is 14.2. The molecule has 2 aromatic rings. The minimum Gasteiger partial charge on any atom is -0.466 e. The number of rotatable bonds is 11. The van der Waals surface area contributed by atoms with Crippen molar-refractivity contribution in [1.29, 1.82) is 0 Å². The molecule has 1 saturated carbocycles. The molecule has 1 fully saturated rings. The number of benzene rings is 1. The highest BCUT2D eigenvalue weighted by Gasteiger charge is 2.37. The molecule has 1 heterocycles. The predicted molar refractivity (Wildman–Crippen MR) is 141 cm³/mol. The highest BCUT2D eigenvalue weighted by atomic mass is 19.4. The summed E-state index contributed by atoms with van der Waals surface area (Å²) in [6, 6.07) is 2.05. The number of ether oxygens (including phenoxy) is 1. The van der Waals surface area contributed by atoms with Gasteiger partial charge in [-0.3, -0.25) is 4.79 Å². The highest BCUT2D eigenvalue weighted by Crippen LogP contribution is 2.37. The van der Waals surface area contributed by atoms with Crippen molar-refractivity contribution in [3.8, 4) is 0 Å². The van der Waals surface area contributed by atoms with Crippen molar-refractivity contribution < 1.29 is 49.0 Å². The van der Waals surface area contributed by atoms with Gasteiger partial charge in [0.1, 0.15) is 5.82 Å². The first kappa shape index (κ1) is 34.5. The number of hydrogen-bond acceptors (Lipinski definition) is 5. The number of esters is 1. The Hall–Kier alpha value is -3.03. The van der Waals surface area contributed by atoms with Crippen LogP contribution in [-0.4, -0.2) is 30.6 Å². The number of hydrogen-bond donors (Lipinski definition) is 1. The molecular weight excluding hydrogens is 593 g/mol. The summed E-state index contributed by atoms with van der Waals surface area (Å²) in [4.78, 5) is 17.7. The van der Waals surface area contributed by atoms with Crippen molar-refractivity contribution in [3.63, 3.8) is 0 Å². The van der Waals surface area contributed by atoms with E-state index in [0.29, 0.717) is 44.4 Å². The minimum absolute atomic E-state index is 0.0156. The van der Waals surface area contributed by atoms with Crippen molar-refractivity contribution in [2.45, 2.75) is 77.6 Å². The number of carbonyl (C=O) groups excluding carboxylic acids is 1. The molecule has 1 aliphatic rings. The molecule has 0 bridgehead atoms. The maximum Gasteiger partial charge on any atom is 0.417 e. The van der Waals surface area contributed by atoms with E-state index in [0.717, 1.165) is 31.7 Å². The van der Waals surface area contributed by atoms with Gasteiger partial charge in [0.15, 0.2) is 0 Å². The van der Waals surface area contributed by atoms with Crippen LogP contribution in [-0.2, 0) is 41.1 Å². The summed E-state index contributed by atoms with van der Waals surface area (Å²) in [6.07, 6.45) is -10.5. The highest BCUT2D eigenvalue weighted by molar-refractivity contribution is 5.69. The molecular formula is C29H34F9N3O2. The second-order valence-corrected chi connectivity index (χ2v) is 10.7. The molecule has 1 aliphatic carbocycles. The lowest BCUT2D eigenvalue weighted by Gasteiger charge is -2.33. The van der Waals surface area contributed by atoms with Crippen molar-refractivity contribution in [3.05, 3.63) is 58.3 Å². The summed E-state index contributed by atoms with van der Waals surface area (Å²) >= 11 is 0. The number of aromatic nitrogens is 1. The second-order valence-electron chi connectivity index (χ2n) is 10.7. The predicted octanol–water partition coefficient (Wildman–Crippen LogP) is 8.01. The lowest BCUT2D eigenvalue weighted by Crippen LogP contribution is -2.33. The maximum atomic E-state index is 13.5. The molecule has 0 radical (unpaired) electrons. The molecule has 0 amide bonds. The van der Waals surface area contributed by atoms with Crippen molar-refractivity contribution >= 4 is 11.8 Å². The number of halogens is 9. The van der Waals surface area contributed by atoms with Crippen LogP contribution in [0.4, 0.5) is 45.3 Å². The first-order valence-electron chi connectivity index (χ1n) is 14.0. The molecule has 43 heavy (non-hydrogen) atoms. The quantitative estimate of drug-likeness (QED) is 0.202. The summed E-state index contributed by atoms with van der Waals surface area (Å²) in [5.41, 5.74) is -4.20. The van der Waals surface area contributed by atoms with Gasteiger partial charge in [-0.15, -0.1) is 0 Å². The molecule has 1 N–H and O–H groups in total. The third kappa shape index (κ3) is 10.0. The zero-order valence-electron chi connectivity index (χ0n) is 23.7. The Morgan fingerprint density at radius 3 is 1.91 bits per heavy atom. The molecule has 0 spiro atoms. The van der Waals surface area contributed by atoms with Gasteiger partial charge >= 0.3 is 24.5 Å². The fourth-order valence-corrected chi connectivity index (χ4v) is 5.29. The summed E-state index contributed by atoms with van der Waals surface area (Å²) in [5.74, 6) is 0.390. The van der Waals surface area contributed by atoms with Gasteiger partial charge in [-0.05, 0) is 81.2 Å². The molecule has 0 saturated heterocycles. The lowest BCUT2D eigenvalue weighted by molar-refractivity contribution is -0.145. The standard InChI is InChI=1S/C29H34F9N3O2/c1-3-41(17-19-7-5-18(6-8-19)11-25(42)43-4-2)26-21(12-24(16-40-26)29(36,37)38)15-39-14-20-9-22(27(30,31)32)13-23(10-20)28(33,34)35/h9-10,12-13,16,18-19,39H,3-8,11,14-15,17H2,1-2H3/t18-,19-. The topological polar surface area (TPSA) is 54.5 Å². The minimum atomic E-state index is -5.02. The average molecular weight is 628 g/mol. The number of pyridine rings is 1. The number of alkyl halides is 9. The van der Waals surface area contributed by atoms with E-state index in [1.807, 2.05) is 11.8 Å². The van der Waals surface area contributed by atoms with Gasteiger partial charge in [0.05, 0.1) is 23.3 Å². The van der Waals surface area contributed by atoms with E-state index in [1.54, 1.807) is 6.92 Å². The van der Waals surface area contributed by atoms with Crippen LogP contribution in [0.15, 0.2) is 30.5 Å². The van der Waals surface area contributed by atoms with Crippen LogP contribution in [0.2, 0.25) is 0 Å². The fraction of sp³-hybridized carbons (Fsp3) is 0.586. The summed E-state index contributed by atoms with van der Waals surface area (Å²) < 4.78 is 125. The van der Waals surface area contributed by atoms with E-state index in [4.69, 9.17) is 4.74 Å². The van der Waals surface area contributed by atoms with Crippen LogP contribution in [0.5, 0.6) is 0 Å². The Morgan fingerprint density at radius 2 is 1.40 bits per heavy atom. The summed E-state index contributed by atoms with van der Waals surface area (Å²) in [7, 11) is 0. The van der Waals surface area contributed by atoms with Gasteiger partial charge in [-0.2, -0.15) is 39.5 Å². The largest absolute Gasteiger partial charge is 0.466 e. The normalized spacial score (nSPS) is 18.0. The molecule has 0 atom stereocenters. The Balaban J connectivity index is 1.77. The van der Waals surface area contributed by atoms with Crippen LogP contribution in [0.1, 0.15) is 73.8 Å². The molecule has 0 aliphatic heterocycles. The van der Waals surface area contributed by atoms with Crippen molar-refractivity contribution in [2.75, 3.05) is 24.6 Å². The zero-order valence-corrected chi connectivity index (χ0v) is 23.7. The van der Waals surface area contributed by atoms with E-state index in [9.17, 15) is 44.3 Å². The number of nitrogens with one attached hydrogen (secondary N) is 1. The van der Waals surface area contributed by atoms with E-state index in [-0.39, 0.29) is 47.4 Å². The third-order valence-electron chi connectivity index (χ3n) is 7.45. The molecule has 14 heteroatoms. The van der Waals surface area contributed by atoms with Crippen molar-refractivity contribution in [1.82, 2.24) is 10.3 Å². The first-order valence-corrected chi connectivity index (χ1v) is 14.0. The van der Waals surface area contributed by atoms with Gasteiger partial charge in [0.2, 0.25) is 0 Å². The van der Waals surface area contributed by atoms with Gasteiger partial charge in [0, 0.05) is 44.4 Å². The average Bonchev–Trinajstić information content (AvgIpc) is 2.91. The Bertz CT molecular complexity index is 1190. The van der Waals surface area contributed by atoms with Crippen LogP contribution in [0.25, 0.3) is 0 Å². The van der Waals surface area contributed by atoms with E-state index < -0.39 is 41.8 Å². The maximum absolute atomic E-state index is 13.5. The van der Waals surface area contributed by atoms with E-state index in [1.165, 1.54) is 0 Å². The van der Waals surface area contributed by atoms with Gasteiger partial charge < -0.3 is 15.0 Å². The zero-order chi connectivity index (χ0) is 32.0. The van der Waals surface area contributed by atoms with E-state index >= 15 is 0 Å². The Labute approximate surface area is 243 Å². The molecule has 5 nitrogen and oxygen atoms in total. The van der Waals surface area contributed by atoms with Gasteiger partial charge in [0.25, 0.3) is 0 Å². The summed E-state index contributed by atoms with van der Waals surface area (Å²) in [5, 5.41) is 2.70. The fourth-order valence-electron chi connectivity index (χ4n) is 5.29. The van der Waals surface area contributed by atoms with E-state index in [2.05, 4.69) is 10.3 Å². The smallest absolute Gasteiger partial charge is 0.417 e. The van der Waals surface area contributed by atoms with Crippen LogP contribution >= 0.6 is 0 Å². The molecule has 1 aromatic carbocycles. The number of carbonyl (C=O) groups is 1. The number of nitrogens with zero attached hydrogens (tertiary/aromatic N) is 2. The van der Waals surface area contributed by atoms with Crippen LogP contribution in [0, 0.1) is 11.8 Å². The lowest BCUT2D eigenvalue weighted by atomic mass is 9.80. The first-order chi connectivity index (χ1) is 20.0.